The number of hydroxylamine groups is 3. The molecule has 0 spiro atoms. The Labute approximate surface area is 116 Å². The highest BCUT2D eigenvalue weighted by atomic mass is 16.6. The van der Waals surface area contributed by atoms with Crippen molar-refractivity contribution in [3.63, 3.8) is 0 Å². The topological polar surface area (TPSA) is 62.7 Å². The van der Waals surface area contributed by atoms with Crippen LogP contribution in [0, 0.1) is 5.21 Å². The third-order valence-electron chi connectivity index (χ3n) is 3.67. The quantitative estimate of drug-likeness (QED) is 0.674. The third kappa shape index (κ3) is 1.75. The zero-order valence-corrected chi connectivity index (χ0v) is 11.4. The molecule has 104 valence electrons. The molecule has 0 radical (unpaired) electrons. The lowest BCUT2D eigenvalue weighted by Crippen LogP contribution is -2.44. The zero-order chi connectivity index (χ0) is 14.3. The van der Waals surface area contributed by atoms with E-state index in [2.05, 4.69) is 0 Å². The highest BCUT2D eigenvalue weighted by molar-refractivity contribution is 6.04. The van der Waals surface area contributed by atoms with Crippen molar-refractivity contribution in [2.45, 2.75) is 25.6 Å². The van der Waals surface area contributed by atoms with Crippen molar-refractivity contribution in [2.24, 2.45) is 0 Å². The summed E-state index contributed by atoms with van der Waals surface area (Å²) in [5, 5.41) is 24.1. The Morgan fingerprint density at radius 2 is 1.90 bits per heavy atom. The minimum Gasteiger partial charge on any atom is -0.622 e. The fourth-order valence-corrected chi connectivity index (χ4v) is 2.66. The van der Waals surface area contributed by atoms with Gasteiger partial charge in [-0.2, -0.15) is 4.74 Å². The Hall–Kier alpha value is -2.11. The molecule has 3 rings (SSSR count). The number of nitrogens with zero attached hydrogens (tertiary/aromatic N) is 2. The third-order valence-corrected chi connectivity index (χ3v) is 3.67. The van der Waals surface area contributed by atoms with Crippen LogP contribution in [0.15, 0.2) is 53.1 Å². The normalized spacial score (nSPS) is 22.4. The molecule has 2 aromatic rings. The molecule has 0 amide bonds. The first-order chi connectivity index (χ1) is 9.53. The van der Waals surface area contributed by atoms with Crippen molar-refractivity contribution in [3.05, 3.63) is 65.3 Å². The molecule has 0 saturated heterocycles. The molecule has 1 unspecified atom stereocenters. The van der Waals surface area contributed by atoms with Gasteiger partial charge in [-0.05, 0) is 38.1 Å². The molecule has 1 aromatic carbocycles. The van der Waals surface area contributed by atoms with Crippen LogP contribution in [0.1, 0.15) is 31.3 Å². The highest BCUT2D eigenvalue weighted by Gasteiger charge is 2.53. The first kappa shape index (κ1) is 12.9. The van der Waals surface area contributed by atoms with Gasteiger partial charge in [0.2, 0.25) is 5.71 Å². The van der Waals surface area contributed by atoms with Gasteiger partial charge in [0.05, 0.1) is 6.26 Å². The number of hydrogen-bond acceptors (Lipinski definition) is 4. The van der Waals surface area contributed by atoms with Crippen LogP contribution < -0.4 is 0 Å². The van der Waals surface area contributed by atoms with Crippen LogP contribution in [0.2, 0.25) is 0 Å². The summed E-state index contributed by atoms with van der Waals surface area (Å²) in [6, 6.07) is 12.7. The predicted molar refractivity (Wildman–Crippen MR) is 73.3 cm³/mol. The Balaban J connectivity index is 2.15. The summed E-state index contributed by atoms with van der Waals surface area (Å²) in [5.41, 5.74) is 0.503. The number of hydrogen-bond donors (Lipinski definition) is 1. The fourth-order valence-electron chi connectivity index (χ4n) is 2.66. The Kier molecular flexibility index (Phi) is 2.88. The maximum atomic E-state index is 12.6. The van der Waals surface area contributed by atoms with E-state index in [1.807, 2.05) is 44.2 Å². The van der Waals surface area contributed by atoms with Crippen LogP contribution in [-0.2, 0) is 0 Å². The average Bonchev–Trinajstić information content (AvgIpc) is 2.98. The van der Waals surface area contributed by atoms with E-state index in [1.54, 1.807) is 12.1 Å². The lowest BCUT2D eigenvalue weighted by molar-refractivity contribution is -0.547. The van der Waals surface area contributed by atoms with Crippen LogP contribution in [0.25, 0.3) is 0 Å². The van der Waals surface area contributed by atoms with E-state index in [0.717, 1.165) is 15.4 Å². The van der Waals surface area contributed by atoms with Gasteiger partial charge in [-0.25, -0.2) is 0 Å². The van der Waals surface area contributed by atoms with Crippen molar-refractivity contribution >= 4 is 5.71 Å². The summed E-state index contributed by atoms with van der Waals surface area (Å²) < 4.78 is 6.09. The number of benzene rings is 1. The van der Waals surface area contributed by atoms with Crippen LogP contribution in [0.4, 0.5) is 0 Å². The summed E-state index contributed by atoms with van der Waals surface area (Å²) in [5.74, 6) is 0.418. The molecule has 0 fully saturated rings. The largest absolute Gasteiger partial charge is 0.622 e. The van der Waals surface area contributed by atoms with Gasteiger partial charge in [-0.15, -0.1) is 5.06 Å². The van der Waals surface area contributed by atoms with Gasteiger partial charge in [-0.3, -0.25) is 0 Å². The van der Waals surface area contributed by atoms with Gasteiger partial charge >= 0.3 is 6.17 Å². The van der Waals surface area contributed by atoms with Crippen molar-refractivity contribution in [2.75, 3.05) is 0 Å². The molecular weight excluding hydrogens is 256 g/mol. The maximum Gasteiger partial charge on any atom is 0.300 e. The Morgan fingerprint density at radius 1 is 1.20 bits per heavy atom. The molecule has 0 saturated carbocycles. The number of rotatable bonds is 2. The van der Waals surface area contributed by atoms with Crippen LogP contribution in [0.3, 0.4) is 0 Å². The monoisotopic (exact) mass is 272 g/mol. The van der Waals surface area contributed by atoms with Crippen LogP contribution in [-0.4, -0.2) is 26.3 Å². The molecule has 5 heteroatoms. The van der Waals surface area contributed by atoms with E-state index < -0.39 is 11.7 Å². The first-order valence-electron chi connectivity index (χ1n) is 6.44. The standard InChI is InChI=1S/C15H16N2O3/c1-15(2)13(11-7-4-3-5-8-11)16(18)14(17(15)19)12-9-6-10-20-12/h3-10,14,19H,1-2H3. The van der Waals surface area contributed by atoms with E-state index >= 15 is 0 Å². The first-order valence-corrected chi connectivity index (χ1v) is 6.44. The van der Waals surface area contributed by atoms with Crippen molar-refractivity contribution in [1.82, 2.24) is 5.06 Å². The van der Waals surface area contributed by atoms with E-state index in [9.17, 15) is 10.4 Å². The number of furan rings is 1. The summed E-state index contributed by atoms with van der Waals surface area (Å²) >= 11 is 0. The van der Waals surface area contributed by atoms with Gasteiger partial charge in [0.15, 0.2) is 5.76 Å². The molecule has 20 heavy (non-hydrogen) atoms. The summed E-state index contributed by atoms with van der Waals surface area (Å²) in [6.45, 7) is 3.62. The summed E-state index contributed by atoms with van der Waals surface area (Å²) in [6.07, 6.45) is 0.625. The zero-order valence-electron chi connectivity index (χ0n) is 11.4. The SMILES string of the molecule is CC1(C)C(c2ccccc2)=[N+]([O-])C(c2ccco2)N1O. The Morgan fingerprint density at radius 3 is 2.50 bits per heavy atom. The minimum atomic E-state index is -0.866. The lowest BCUT2D eigenvalue weighted by atomic mass is 9.93. The van der Waals surface area contributed by atoms with E-state index in [4.69, 9.17) is 4.42 Å². The molecule has 1 atom stereocenters. The predicted octanol–water partition coefficient (Wildman–Crippen LogP) is 2.76. The van der Waals surface area contributed by atoms with Gasteiger partial charge < -0.3 is 14.8 Å². The van der Waals surface area contributed by atoms with Crippen molar-refractivity contribution in [3.8, 4) is 0 Å². The van der Waals surface area contributed by atoms with E-state index in [1.165, 1.54) is 6.26 Å². The molecular formula is C15H16N2O3. The molecule has 1 aromatic heterocycles. The summed E-state index contributed by atoms with van der Waals surface area (Å²) in [4.78, 5) is 0. The molecule has 1 N–H and O–H groups in total. The van der Waals surface area contributed by atoms with Crippen LogP contribution in [0.5, 0.6) is 0 Å². The van der Waals surface area contributed by atoms with E-state index in [-0.39, 0.29) is 0 Å². The van der Waals surface area contributed by atoms with Crippen molar-refractivity contribution in [1.29, 1.82) is 0 Å². The second-order valence-corrected chi connectivity index (χ2v) is 5.33. The second-order valence-electron chi connectivity index (χ2n) is 5.33. The molecule has 0 bridgehead atoms. The van der Waals surface area contributed by atoms with Gasteiger partial charge in [-0.1, -0.05) is 18.2 Å². The molecule has 5 nitrogen and oxygen atoms in total. The maximum absolute atomic E-state index is 12.6. The molecule has 2 heterocycles. The average molecular weight is 272 g/mol. The van der Waals surface area contributed by atoms with Gasteiger partial charge in [0.25, 0.3) is 0 Å². The Bertz CT molecular complexity index is 632. The van der Waals surface area contributed by atoms with Gasteiger partial charge in [0.1, 0.15) is 5.54 Å². The minimum absolute atomic E-state index is 0.418. The smallest absolute Gasteiger partial charge is 0.300 e. The highest BCUT2D eigenvalue weighted by Crippen LogP contribution is 2.36. The fraction of sp³-hybridized carbons (Fsp3) is 0.267. The van der Waals surface area contributed by atoms with Gasteiger partial charge in [0, 0.05) is 5.56 Å². The summed E-state index contributed by atoms with van der Waals surface area (Å²) in [7, 11) is 0. The van der Waals surface area contributed by atoms with Crippen molar-refractivity contribution < 1.29 is 14.4 Å². The molecule has 0 aliphatic carbocycles. The second kappa shape index (κ2) is 4.47. The molecule has 1 aliphatic heterocycles. The van der Waals surface area contributed by atoms with Crippen LogP contribution >= 0.6 is 0 Å². The lowest BCUT2D eigenvalue weighted by Gasteiger charge is -2.24. The van der Waals surface area contributed by atoms with E-state index in [0.29, 0.717) is 11.5 Å². The molecule has 1 aliphatic rings.